The van der Waals surface area contributed by atoms with Crippen LogP contribution in [0.5, 0.6) is 11.5 Å². The Morgan fingerprint density at radius 3 is 2.58 bits per heavy atom. The van der Waals surface area contributed by atoms with E-state index in [9.17, 15) is 13.2 Å². The van der Waals surface area contributed by atoms with E-state index in [-0.39, 0.29) is 36.0 Å². The van der Waals surface area contributed by atoms with E-state index < -0.39 is 10.0 Å². The number of rotatable bonds is 9. The lowest BCUT2D eigenvalue weighted by atomic mass is 10.0. The van der Waals surface area contributed by atoms with Gasteiger partial charge in [-0.25, -0.2) is 8.42 Å². The van der Waals surface area contributed by atoms with E-state index in [1.54, 1.807) is 47.6 Å². The molecule has 2 aromatic carbocycles. The predicted octanol–water partition coefficient (Wildman–Crippen LogP) is 4.42. The minimum atomic E-state index is -3.78. The molecule has 1 aliphatic heterocycles. The van der Waals surface area contributed by atoms with Crippen LogP contribution in [0.4, 0.5) is 0 Å². The Labute approximate surface area is 216 Å². The number of aryl methyl sites for hydroxylation is 1. The molecule has 7 nitrogen and oxygen atoms in total. The highest BCUT2D eigenvalue weighted by Gasteiger charge is 2.41. The number of sulfonamides is 1. The van der Waals surface area contributed by atoms with Gasteiger partial charge in [0.15, 0.2) is 0 Å². The fourth-order valence-electron chi connectivity index (χ4n) is 4.58. The number of hydrogen-bond donors (Lipinski definition) is 0. The summed E-state index contributed by atoms with van der Waals surface area (Å²) < 4.78 is 39.7. The van der Waals surface area contributed by atoms with Crippen molar-refractivity contribution < 1.29 is 22.7 Å². The number of benzene rings is 2. The molecular weight excluding hydrogens is 496 g/mol. The Balaban J connectivity index is 1.37. The molecule has 0 radical (unpaired) electrons. The first kappa shape index (κ1) is 24.8. The Morgan fingerprint density at radius 1 is 1.11 bits per heavy atom. The standard InChI is InChI=1S/C27H30N2O5S2/c1-19-6-10-23(11-7-19)36(31,32)29(20-8-9-20)17-27(30)28-14-12-26-24(13-15-35-26)25(28)18-34-22-5-3-4-21(16-22)33-2/h3-7,10-11,13,15-16,20,25H,8-9,12,14,17-18H2,1-2H3/t25-/m1/s1. The van der Waals surface area contributed by atoms with Gasteiger partial charge in [0.05, 0.1) is 24.6 Å². The van der Waals surface area contributed by atoms with Crippen LogP contribution in [0.15, 0.2) is 64.9 Å². The number of hydrogen-bond acceptors (Lipinski definition) is 6. The van der Waals surface area contributed by atoms with E-state index in [0.717, 1.165) is 30.4 Å². The van der Waals surface area contributed by atoms with Crippen molar-refractivity contribution in [2.24, 2.45) is 0 Å². The number of methoxy groups -OCH3 is 1. The predicted molar refractivity (Wildman–Crippen MR) is 139 cm³/mol. The molecule has 9 heteroatoms. The van der Waals surface area contributed by atoms with Crippen LogP contribution in [0.2, 0.25) is 0 Å². The van der Waals surface area contributed by atoms with Gasteiger partial charge in [0, 0.05) is 23.5 Å². The molecule has 0 unspecified atom stereocenters. The molecule has 0 N–H and O–H groups in total. The van der Waals surface area contributed by atoms with Crippen molar-refractivity contribution in [1.29, 1.82) is 0 Å². The van der Waals surface area contributed by atoms with Crippen molar-refractivity contribution in [3.05, 3.63) is 76.0 Å². The summed E-state index contributed by atoms with van der Waals surface area (Å²) in [6.07, 6.45) is 2.30. The number of fused-ring (bicyclic) bond motifs is 1. The summed E-state index contributed by atoms with van der Waals surface area (Å²) in [6, 6.07) is 15.8. The maximum Gasteiger partial charge on any atom is 0.243 e. The summed E-state index contributed by atoms with van der Waals surface area (Å²) in [5.41, 5.74) is 2.06. The lowest BCUT2D eigenvalue weighted by Gasteiger charge is -2.37. The Bertz CT molecular complexity index is 1330. The van der Waals surface area contributed by atoms with Crippen LogP contribution in [-0.4, -0.2) is 56.4 Å². The second-order valence-corrected chi connectivity index (χ2v) is 12.1. The summed E-state index contributed by atoms with van der Waals surface area (Å²) in [4.78, 5) is 16.9. The molecule has 1 aliphatic carbocycles. The van der Waals surface area contributed by atoms with Crippen molar-refractivity contribution in [1.82, 2.24) is 9.21 Å². The Kier molecular flexibility index (Phi) is 7.05. The van der Waals surface area contributed by atoms with Gasteiger partial charge in [-0.3, -0.25) is 4.79 Å². The minimum Gasteiger partial charge on any atom is -0.497 e. The van der Waals surface area contributed by atoms with Gasteiger partial charge < -0.3 is 14.4 Å². The van der Waals surface area contributed by atoms with E-state index in [0.29, 0.717) is 18.0 Å². The number of carbonyl (C=O) groups is 1. The van der Waals surface area contributed by atoms with Gasteiger partial charge in [-0.05, 0) is 67.5 Å². The maximum atomic E-state index is 13.7. The Hall–Kier alpha value is -2.88. The average Bonchev–Trinajstić information content (AvgIpc) is 3.61. The molecule has 1 saturated carbocycles. The fraction of sp³-hybridized carbons (Fsp3) is 0.370. The van der Waals surface area contributed by atoms with Crippen LogP contribution in [0.3, 0.4) is 0 Å². The zero-order chi connectivity index (χ0) is 25.3. The monoisotopic (exact) mass is 526 g/mol. The number of amides is 1. The van der Waals surface area contributed by atoms with Crippen LogP contribution in [0.1, 0.15) is 34.9 Å². The zero-order valence-electron chi connectivity index (χ0n) is 20.4. The lowest BCUT2D eigenvalue weighted by Crippen LogP contribution is -2.48. The van der Waals surface area contributed by atoms with E-state index in [1.807, 2.05) is 42.6 Å². The van der Waals surface area contributed by atoms with Gasteiger partial charge >= 0.3 is 0 Å². The second kappa shape index (κ2) is 10.2. The summed E-state index contributed by atoms with van der Waals surface area (Å²) >= 11 is 1.68. The summed E-state index contributed by atoms with van der Waals surface area (Å²) in [5, 5.41) is 2.04. The molecule has 5 rings (SSSR count). The van der Waals surface area contributed by atoms with Gasteiger partial charge in [-0.2, -0.15) is 4.31 Å². The molecule has 0 bridgehead atoms. The number of thiophene rings is 1. The third kappa shape index (κ3) is 5.14. The zero-order valence-corrected chi connectivity index (χ0v) is 22.1. The van der Waals surface area contributed by atoms with Crippen molar-refractivity contribution in [2.45, 2.75) is 43.2 Å². The van der Waals surface area contributed by atoms with E-state index in [4.69, 9.17) is 9.47 Å². The number of ether oxygens (including phenoxy) is 2. The minimum absolute atomic E-state index is 0.131. The first-order chi connectivity index (χ1) is 17.4. The van der Waals surface area contributed by atoms with Gasteiger partial charge in [0.25, 0.3) is 0 Å². The highest BCUT2D eigenvalue weighted by atomic mass is 32.2. The Morgan fingerprint density at radius 2 is 1.86 bits per heavy atom. The molecular formula is C27H30N2O5S2. The molecule has 1 amide bonds. The molecule has 1 fully saturated rings. The van der Waals surface area contributed by atoms with Crippen LogP contribution in [0.25, 0.3) is 0 Å². The quantitative estimate of drug-likeness (QED) is 0.413. The highest BCUT2D eigenvalue weighted by Crippen LogP contribution is 2.36. The van der Waals surface area contributed by atoms with Crippen LogP contribution < -0.4 is 9.47 Å². The smallest absolute Gasteiger partial charge is 0.243 e. The molecule has 36 heavy (non-hydrogen) atoms. The second-order valence-electron chi connectivity index (χ2n) is 9.24. The number of carbonyl (C=O) groups excluding carboxylic acids is 1. The van der Waals surface area contributed by atoms with Crippen molar-refractivity contribution in [2.75, 3.05) is 26.8 Å². The molecule has 1 aromatic heterocycles. The molecule has 190 valence electrons. The fourth-order valence-corrected chi connectivity index (χ4v) is 7.15. The van der Waals surface area contributed by atoms with E-state index >= 15 is 0 Å². The summed E-state index contributed by atoms with van der Waals surface area (Å²) in [5.74, 6) is 1.15. The molecule has 3 aromatic rings. The van der Waals surface area contributed by atoms with Gasteiger partial charge in [-0.1, -0.05) is 23.8 Å². The topological polar surface area (TPSA) is 76.2 Å². The number of nitrogens with zero attached hydrogens (tertiary/aromatic N) is 2. The SMILES string of the molecule is COc1cccc(OC[C@@H]2c3ccsc3CCN2C(=O)CN(C2CC2)S(=O)(=O)c2ccc(C)cc2)c1. The average molecular weight is 527 g/mol. The van der Waals surface area contributed by atoms with Crippen LogP contribution in [0, 0.1) is 6.92 Å². The molecule has 2 heterocycles. The maximum absolute atomic E-state index is 13.7. The lowest BCUT2D eigenvalue weighted by molar-refractivity contribution is -0.135. The first-order valence-electron chi connectivity index (χ1n) is 12.1. The van der Waals surface area contributed by atoms with E-state index in [1.165, 1.54) is 9.18 Å². The molecule has 2 aliphatic rings. The van der Waals surface area contributed by atoms with Crippen molar-refractivity contribution in [3.63, 3.8) is 0 Å². The van der Waals surface area contributed by atoms with Crippen molar-refractivity contribution in [3.8, 4) is 11.5 Å². The molecule has 0 saturated heterocycles. The van der Waals surface area contributed by atoms with Crippen LogP contribution in [-0.2, 0) is 21.2 Å². The summed E-state index contributed by atoms with van der Waals surface area (Å²) in [7, 11) is -2.17. The largest absolute Gasteiger partial charge is 0.497 e. The summed E-state index contributed by atoms with van der Waals surface area (Å²) in [6.45, 7) is 2.55. The van der Waals surface area contributed by atoms with Crippen molar-refractivity contribution >= 4 is 27.3 Å². The molecule has 1 atom stereocenters. The van der Waals surface area contributed by atoms with Gasteiger partial charge in [-0.15, -0.1) is 11.3 Å². The van der Waals surface area contributed by atoms with Gasteiger partial charge in [0.1, 0.15) is 18.1 Å². The third-order valence-corrected chi connectivity index (χ3v) is 9.65. The van der Waals surface area contributed by atoms with Crippen LogP contribution >= 0.6 is 11.3 Å². The molecule has 0 spiro atoms. The first-order valence-corrected chi connectivity index (χ1v) is 14.4. The van der Waals surface area contributed by atoms with Gasteiger partial charge in [0.2, 0.25) is 15.9 Å². The third-order valence-electron chi connectivity index (χ3n) is 6.74. The highest BCUT2D eigenvalue weighted by molar-refractivity contribution is 7.89. The van der Waals surface area contributed by atoms with E-state index in [2.05, 4.69) is 0 Å². The normalized spacial score (nSPS) is 17.6.